The van der Waals surface area contributed by atoms with Crippen molar-refractivity contribution >= 4 is 23.2 Å². The van der Waals surface area contributed by atoms with E-state index < -0.39 is 0 Å². The molecule has 1 aromatic carbocycles. The molecule has 0 spiro atoms. The molecule has 0 amide bonds. The Morgan fingerprint density at radius 1 is 1.47 bits per heavy atom. The van der Waals surface area contributed by atoms with Gasteiger partial charge in [-0.2, -0.15) is 0 Å². The molecule has 4 heteroatoms. The second-order valence-corrected chi connectivity index (χ2v) is 4.37. The lowest BCUT2D eigenvalue weighted by molar-refractivity contribution is 0.550. The molecule has 1 rings (SSSR count). The molecular weight excluding hydrogens is 231 g/mol. The zero-order valence-corrected chi connectivity index (χ0v) is 10.1. The van der Waals surface area contributed by atoms with E-state index in [4.69, 9.17) is 29.0 Å². The predicted molar refractivity (Wildman–Crippen MR) is 66.0 cm³/mol. The summed E-state index contributed by atoms with van der Waals surface area (Å²) < 4.78 is 0. The first-order chi connectivity index (χ1) is 7.04. The lowest BCUT2D eigenvalue weighted by atomic mass is 10.0. The topological polar surface area (TPSA) is 38.0 Å². The zero-order valence-electron chi connectivity index (χ0n) is 8.56. The normalized spacial score (nSPS) is 12.5. The van der Waals surface area contributed by atoms with Crippen molar-refractivity contribution in [2.45, 2.75) is 19.4 Å². The van der Waals surface area contributed by atoms with Gasteiger partial charge in [-0.15, -0.1) is 6.58 Å². The van der Waals surface area contributed by atoms with Crippen molar-refractivity contribution in [2.24, 2.45) is 5.84 Å². The Morgan fingerprint density at radius 3 is 2.60 bits per heavy atom. The summed E-state index contributed by atoms with van der Waals surface area (Å²) in [5.74, 6) is 5.47. The third-order valence-electron chi connectivity index (χ3n) is 2.10. The van der Waals surface area contributed by atoms with Gasteiger partial charge in [-0.1, -0.05) is 34.8 Å². The number of benzene rings is 1. The number of hydrazine groups is 1. The summed E-state index contributed by atoms with van der Waals surface area (Å²) in [5.41, 5.74) is 4.80. The molecular formula is C11H14Cl2N2. The molecule has 15 heavy (non-hydrogen) atoms. The molecule has 0 saturated carbocycles. The van der Waals surface area contributed by atoms with Crippen molar-refractivity contribution in [3.63, 3.8) is 0 Å². The SMILES string of the molecule is C=C(C)CC(NN)c1ccc(Cl)c(Cl)c1. The molecule has 0 aliphatic rings. The van der Waals surface area contributed by atoms with Crippen molar-refractivity contribution in [3.05, 3.63) is 46.0 Å². The lowest BCUT2D eigenvalue weighted by Crippen LogP contribution is -2.28. The minimum Gasteiger partial charge on any atom is -0.271 e. The highest BCUT2D eigenvalue weighted by Crippen LogP contribution is 2.27. The van der Waals surface area contributed by atoms with Gasteiger partial charge >= 0.3 is 0 Å². The van der Waals surface area contributed by atoms with E-state index in [0.29, 0.717) is 10.0 Å². The van der Waals surface area contributed by atoms with Crippen LogP contribution in [-0.2, 0) is 0 Å². The number of nitrogens with one attached hydrogen (secondary N) is 1. The van der Waals surface area contributed by atoms with Crippen LogP contribution in [0.15, 0.2) is 30.4 Å². The second kappa shape index (κ2) is 5.52. The first-order valence-electron chi connectivity index (χ1n) is 4.60. The first kappa shape index (κ1) is 12.5. The molecule has 0 aliphatic carbocycles. The van der Waals surface area contributed by atoms with E-state index in [9.17, 15) is 0 Å². The van der Waals surface area contributed by atoms with Gasteiger partial charge in [-0.25, -0.2) is 0 Å². The van der Waals surface area contributed by atoms with E-state index in [1.165, 1.54) is 0 Å². The minimum atomic E-state index is 0.0252. The number of hydrogen-bond acceptors (Lipinski definition) is 2. The second-order valence-electron chi connectivity index (χ2n) is 3.55. The molecule has 0 bridgehead atoms. The van der Waals surface area contributed by atoms with Crippen molar-refractivity contribution in [1.29, 1.82) is 0 Å². The maximum absolute atomic E-state index is 5.93. The van der Waals surface area contributed by atoms with E-state index in [0.717, 1.165) is 17.6 Å². The van der Waals surface area contributed by atoms with Crippen molar-refractivity contribution in [2.75, 3.05) is 0 Å². The van der Waals surface area contributed by atoms with Crippen LogP contribution >= 0.6 is 23.2 Å². The molecule has 0 aliphatic heterocycles. The fourth-order valence-electron chi connectivity index (χ4n) is 1.35. The standard InChI is InChI=1S/C11H14Cl2N2/c1-7(2)5-11(15-14)8-3-4-9(12)10(13)6-8/h3-4,6,11,15H,1,5,14H2,2H3. The van der Waals surface area contributed by atoms with Crippen LogP contribution < -0.4 is 11.3 Å². The van der Waals surface area contributed by atoms with Crippen LogP contribution in [0.2, 0.25) is 10.0 Å². The number of halogens is 2. The maximum Gasteiger partial charge on any atom is 0.0595 e. The van der Waals surface area contributed by atoms with Gasteiger partial charge in [0, 0.05) is 6.04 Å². The van der Waals surface area contributed by atoms with Crippen LogP contribution in [0.3, 0.4) is 0 Å². The molecule has 0 aromatic heterocycles. The van der Waals surface area contributed by atoms with Crippen LogP contribution in [-0.4, -0.2) is 0 Å². The third kappa shape index (κ3) is 3.50. The van der Waals surface area contributed by atoms with Crippen LogP contribution in [0.25, 0.3) is 0 Å². The molecule has 1 atom stereocenters. The van der Waals surface area contributed by atoms with Gasteiger partial charge in [0.2, 0.25) is 0 Å². The molecule has 0 fully saturated rings. The van der Waals surface area contributed by atoms with Gasteiger partial charge in [0.15, 0.2) is 0 Å². The van der Waals surface area contributed by atoms with Gasteiger partial charge in [0.1, 0.15) is 0 Å². The van der Waals surface area contributed by atoms with Crippen molar-refractivity contribution in [1.82, 2.24) is 5.43 Å². The first-order valence-corrected chi connectivity index (χ1v) is 5.35. The highest BCUT2D eigenvalue weighted by Gasteiger charge is 2.11. The maximum atomic E-state index is 5.93. The smallest absolute Gasteiger partial charge is 0.0595 e. The molecule has 1 unspecified atom stereocenters. The number of hydrogen-bond donors (Lipinski definition) is 2. The highest BCUT2D eigenvalue weighted by atomic mass is 35.5. The van der Waals surface area contributed by atoms with Crippen molar-refractivity contribution < 1.29 is 0 Å². The van der Waals surface area contributed by atoms with Gasteiger partial charge in [0.05, 0.1) is 10.0 Å². The molecule has 0 radical (unpaired) electrons. The average Bonchev–Trinajstić information content (AvgIpc) is 2.18. The summed E-state index contributed by atoms with van der Waals surface area (Å²) in [7, 11) is 0. The van der Waals surface area contributed by atoms with Crippen LogP contribution in [0.1, 0.15) is 24.9 Å². The third-order valence-corrected chi connectivity index (χ3v) is 2.84. The fraction of sp³-hybridized carbons (Fsp3) is 0.273. The Kier molecular flexibility index (Phi) is 4.61. The van der Waals surface area contributed by atoms with Gasteiger partial charge in [0.25, 0.3) is 0 Å². The summed E-state index contributed by atoms with van der Waals surface area (Å²) in [5, 5.41) is 1.09. The highest BCUT2D eigenvalue weighted by molar-refractivity contribution is 6.42. The Morgan fingerprint density at radius 2 is 2.13 bits per heavy atom. The number of nitrogens with two attached hydrogens (primary N) is 1. The Balaban J connectivity index is 2.92. The van der Waals surface area contributed by atoms with E-state index in [-0.39, 0.29) is 6.04 Å². The summed E-state index contributed by atoms with van der Waals surface area (Å²) >= 11 is 11.8. The Bertz CT molecular complexity index is 364. The summed E-state index contributed by atoms with van der Waals surface area (Å²) in [6.07, 6.45) is 0.772. The predicted octanol–water partition coefficient (Wildman–Crippen LogP) is 3.46. The van der Waals surface area contributed by atoms with Gasteiger partial charge in [-0.05, 0) is 31.0 Å². The monoisotopic (exact) mass is 244 g/mol. The largest absolute Gasteiger partial charge is 0.271 e. The Hall–Kier alpha value is -0.540. The van der Waals surface area contributed by atoms with Gasteiger partial charge < -0.3 is 0 Å². The summed E-state index contributed by atoms with van der Waals surface area (Å²) in [6, 6.07) is 5.51. The summed E-state index contributed by atoms with van der Waals surface area (Å²) in [6.45, 7) is 5.81. The number of rotatable bonds is 4. The van der Waals surface area contributed by atoms with Crippen LogP contribution in [0.5, 0.6) is 0 Å². The quantitative estimate of drug-likeness (QED) is 0.484. The van der Waals surface area contributed by atoms with Crippen LogP contribution in [0.4, 0.5) is 0 Å². The molecule has 1 aromatic rings. The molecule has 3 N–H and O–H groups in total. The minimum absolute atomic E-state index is 0.0252. The lowest BCUT2D eigenvalue weighted by Gasteiger charge is -2.16. The molecule has 0 saturated heterocycles. The molecule has 82 valence electrons. The zero-order chi connectivity index (χ0) is 11.4. The molecule has 0 heterocycles. The van der Waals surface area contributed by atoms with E-state index in [2.05, 4.69) is 12.0 Å². The average molecular weight is 245 g/mol. The summed E-state index contributed by atoms with van der Waals surface area (Å²) in [4.78, 5) is 0. The van der Waals surface area contributed by atoms with E-state index in [1.54, 1.807) is 6.07 Å². The van der Waals surface area contributed by atoms with E-state index in [1.807, 2.05) is 19.1 Å². The van der Waals surface area contributed by atoms with Crippen molar-refractivity contribution in [3.8, 4) is 0 Å². The fourth-order valence-corrected chi connectivity index (χ4v) is 1.66. The van der Waals surface area contributed by atoms with Crippen LogP contribution in [0, 0.1) is 0 Å². The van der Waals surface area contributed by atoms with E-state index >= 15 is 0 Å². The molecule has 2 nitrogen and oxygen atoms in total. The van der Waals surface area contributed by atoms with Gasteiger partial charge in [-0.3, -0.25) is 11.3 Å². The Labute approximate surface area is 100 Å².